The van der Waals surface area contributed by atoms with Gasteiger partial charge in [0.1, 0.15) is 0 Å². The van der Waals surface area contributed by atoms with Crippen LogP contribution in [0.25, 0.3) is 0 Å². The van der Waals surface area contributed by atoms with Crippen molar-refractivity contribution in [1.82, 2.24) is 0 Å². The van der Waals surface area contributed by atoms with E-state index in [0.717, 1.165) is 8.39 Å². The molecule has 0 saturated carbocycles. The molecule has 0 radical (unpaired) electrons. The fraction of sp³-hybridized carbons (Fsp3) is 0.857. The maximum absolute atomic E-state index is 4.91. The Morgan fingerprint density at radius 3 is 1.28 bits per heavy atom. The minimum atomic E-state index is 1.08. The number of thioether (sulfide) groups is 2. The highest BCUT2D eigenvalue weighted by molar-refractivity contribution is 8.23. The molecule has 108 valence electrons. The van der Waals surface area contributed by atoms with Crippen LogP contribution in [0.15, 0.2) is 0 Å². The molecule has 0 aromatic rings. The van der Waals surface area contributed by atoms with Crippen molar-refractivity contribution in [2.24, 2.45) is 0 Å². The molecule has 0 spiro atoms. The molecule has 0 aliphatic rings. The van der Waals surface area contributed by atoms with E-state index in [4.69, 9.17) is 24.4 Å². The first-order valence-corrected chi connectivity index (χ1v) is 9.60. The van der Waals surface area contributed by atoms with E-state index in [-0.39, 0.29) is 0 Å². The Labute approximate surface area is 133 Å². The molecule has 0 N–H and O–H groups in total. The fourth-order valence-electron chi connectivity index (χ4n) is 1.14. The van der Waals surface area contributed by atoms with Gasteiger partial charge in [-0.05, 0) is 38.2 Å². The molecule has 0 bridgehead atoms. The SMILES string of the molecule is CCCCCSC(C)=S.CCCCCSC(C)=S. The normalized spacial score (nSPS) is 9.56. The van der Waals surface area contributed by atoms with Gasteiger partial charge in [-0.2, -0.15) is 0 Å². The van der Waals surface area contributed by atoms with Crippen LogP contribution in [0.2, 0.25) is 0 Å². The van der Waals surface area contributed by atoms with Crippen LogP contribution < -0.4 is 0 Å². The van der Waals surface area contributed by atoms with Crippen LogP contribution in [0.5, 0.6) is 0 Å². The van der Waals surface area contributed by atoms with Gasteiger partial charge in [-0.15, -0.1) is 23.5 Å². The van der Waals surface area contributed by atoms with Crippen molar-refractivity contribution in [3.05, 3.63) is 0 Å². The lowest BCUT2D eigenvalue weighted by Gasteiger charge is -1.95. The molecule has 0 aromatic heterocycles. The summed E-state index contributed by atoms with van der Waals surface area (Å²) in [5, 5.41) is 0. The molecule has 0 fully saturated rings. The van der Waals surface area contributed by atoms with Crippen molar-refractivity contribution in [2.75, 3.05) is 11.5 Å². The molecule has 18 heavy (non-hydrogen) atoms. The van der Waals surface area contributed by atoms with Gasteiger partial charge in [-0.3, -0.25) is 0 Å². The predicted molar refractivity (Wildman–Crippen MR) is 101 cm³/mol. The molecule has 0 heterocycles. The average Bonchev–Trinajstić information content (AvgIpc) is 2.31. The third-order valence-electron chi connectivity index (χ3n) is 2.11. The van der Waals surface area contributed by atoms with Gasteiger partial charge in [0, 0.05) is 8.39 Å². The van der Waals surface area contributed by atoms with Gasteiger partial charge in [0.2, 0.25) is 0 Å². The van der Waals surface area contributed by atoms with E-state index in [1.807, 2.05) is 13.8 Å². The molecule has 0 saturated heterocycles. The minimum Gasteiger partial charge on any atom is -0.119 e. The molecule has 4 heteroatoms. The Balaban J connectivity index is 0. The maximum Gasteiger partial charge on any atom is 0.0447 e. The van der Waals surface area contributed by atoms with Gasteiger partial charge < -0.3 is 0 Å². The molecular formula is C14H28S4. The van der Waals surface area contributed by atoms with Gasteiger partial charge in [-0.25, -0.2) is 0 Å². The Morgan fingerprint density at radius 1 is 0.722 bits per heavy atom. The zero-order valence-electron chi connectivity index (χ0n) is 12.3. The standard InChI is InChI=1S/2C7H14S2/c2*1-3-4-5-6-9-7(2)8/h2*3-6H2,1-2H3. The van der Waals surface area contributed by atoms with Gasteiger partial charge in [0.05, 0.1) is 0 Å². The van der Waals surface area contributed by atoms with Crippen LogP contribution in [0, 0.1) is 0 Å². The summed E-state index contributed by atoms with van der Waals surface area (Å²) in [7, 11) is 0. The van der Waals surface area contributed by atoms with E-state index in [1.165, 1.54) is 50.0 Å². The highest BCUT2D eigenvalue weighted by Gasteiger charge is 1.89. The zero-order chi connectivity index (χ0) is 14.2. The van der Waals surface area contributed by atoms with E-state index in [0.29, 0.717) is 0 Å². The zero-order valence-corrected chi connectivity index (χ0v) is 15.6. The van der Waals surface area contributed by atoms with Gasteiger partial charge >= 0.3 is 0 Å². The van der Waals surface area contributed by atoms with E-state index >= 15 is 0 Å². The second-order valence-electron chi connectivity index (χ2n) is 4.09. The first-order chi connectivity index (χ1) is 8.54. The van der Waals surface area contributed by atoms with Crippen LogP contribution in [-0.4, -0.2) is 19.9 Å². The lowest BCUT2D eigenvalue weighted by atomic mass is 10.3. The van der Waals surface area contributed by atoms with Crippen molar-refractivity contribution in [3.8, 4) is 0 Å². The summed E-state index contributed by atoms with van der Waals surface area (Å²) >= 11 is 13.4. The van der Waals surface area contributed by atoms with E-state index in [2.05, 4.69) is 13.8 Å². The number of unbranched alkanes of at least 4 members (excludes halogenated alkanes) is 4. The summed E-state index contributed by atoms with van der Waals surface area (Å²) in [5.74, 6) is 2.42. The molecule has 0 aliphatic heterocycles. The predicted octanol–water partition coefficient (Wildman–Crippen LogP) is 6.51. The van der Waals surface area contributed by atoms with Crippen LogP contribution in [0.4, 0.5) is 0 Å². The monoisotopic (exact) mass is 324 g/mol. The topological polar surface area (TPSA) is 0 Å². The number of hydrogen-bond donors (Lipinski definition) is 0. The van der Waals surface area contributed by atoms with Gasteiger partial charge in [0.25, 0.3) is 0 Å². The highest BCUT2D eigenvalue weighted by atomic mass is 32.2. The minimum absolute atomic E-state index is 1.08. The molecular weight excluding hydrogens is 296 g/mol. The van der Waals surface area contributed by atoms with Crippen LogP contribution in [0.3, 0.4) is 0 Å². The van der Waals surface area contributed by atoms with Crippen molar-refractivity contribution in [2.45, 2.75) is 66.2 Å². The molecule has 0 amide bonds. The van der Waals surface area contributed by atoms with Crippen molar-refractivity contribution in [1.29, 1.82) is 0 Å². The maximum atomic E-state index is 4.91. The van der Waals surface area contributed by atoms with Crippen molar-refractivity contribution >= 4 is 56.4 Å². The highest BCUT2D eigenvalue weighted by Crippen LogP contribution is 2.08. The largest absolute Gasteiger partial charge is 0.119 e. The average molecular weight is 325 g/mol. The third kappa shape index (κ3) is 25.7. The fourth-order valence-corrected chi connectivity index (χ4v) is 2.91. The smallest absolute Gasteiger partial charge is 0.0447 e. The second-order valence-corrected chi connectivity index (χ2v) is 8.45. The second kappa shape index (κ2) is 17.9. The first-order valence-electron chi connectivity index (χ1n) is 6.81. The number of thiocarbonyl (C=S) groups is 2. The quantitative estimate of drug-likeness (QED) is 0.368. The van der Waals surface area contributed by atoms with E-state index in [1.54, 1.807) is 23.5 Å². The summed E-state index contributed by atoms with van der Waals surface area (Å²) in [5.41, 5.74) is 0. The molecule has 0 nitrogen and oxygen atoms in total. The molecule has 0 atom stereocenters. The van der Waals surface area contributed by atoms with Crippen molar-refractivity contribution in [3.63, 3.8) is 0 Å². The molecule has 0 aliphatic carbocycles. The molecule has 0 aromatic carbocycles. The summed E-state index contributed by atoms with van der Waals surface area (Å²) < 4.78 is 2.15. The summed E-state index contributed by atoms with van der Waals surface area (Å²) in [4.78, 5) is 0. The summed E-state index contributed by atoms with van der Waals surface area (Å²) in [6, 6.07) is 0. The Morgan fingerprint density at radius 2 is 1.06 bits per heavy atom. The Bertz CT molecular complexity index is 180. The Kier molecular flexibility index (Phi) is 21.0. The van der Waals surface area contributed by atoms with Gasteiger partial charge in [0.15, 0.2) is 0 Å². The van der Waals surface area contributed by atoms with Gasteiger partial charge in [-0.1, -0.05) is 64.0 Å². The van der Waals surface area contributed by atoms with Crippen LogP contribution in [-0.2, 0) is 0 Å². The molecule has 0 unspecified atom stereocenters. The van der Waals surface area contributed by atoms with Crippen LogP contribution in [0.1, 0.15) is 66.2 Å². The summed E-state index contributed by atoms with van der Waals surface area (Å²) in [6.45, 7) is 8.42. The Hall–Kier alpha value is 0.880. The van der Waals surface area contributed by atoms with Crippen molar-refractivity contribution < 1.29 is 0 Å². The van der Waals surface area contributed by atoms with E-state index in [9.17, 15) is 0 Å². The number of hydrogen-bond acceptors (Lipinski definition) is 4. The lowest BCUT2D eigenvalue weighted by Crippen LogP contribution is -1.82. The number of rotatable bonds is 8. The van der Waals surface area contributed by atoms with E-state index < -0.39 is 0 Å². The summed E-state index contributed by atoms with van der Waals surface area (Å²) in [6.07, 6.45) is 7.92. The van der Waals surface area contributed by atoms with Crippen LogP contribution >= 0.6 is 48.0 Å². The molecule has 0 rings (SSSR count). The third-order valence-corrected chi connectivity index (χ3v) is 4.61. The lowest BCUT2D eigenvalue weighted by molar-refractivity contribution is 0.779. The first kappa shape index (κ1) is 21.2.